The Morgan fingerprint density at radius 3 is 2.36 bits per heavy atom. The van der Waals surface area contributed by atoms with Crippen LogP contribution in [0, 0.1) is 0 Å². The van der Waals surface area contributed by atoms with Crippen molar-refractivity contribution in [2.24, 2.45) is 7.05 Å². The van der Waals surface area contributed by atoms with E-state index in [-0.39, 0.29) is 18.0 Å². The van der Waals surface area contributed by atoms with Gasteiger partial charge in [-0.05, 0) is 5.56 Å². The van der Waals surface area contributed by atoms with Crippen LogP contribution in [0.4, 0.5) is 0 Å². The van der Waals surface area contributed by atoms with Crippen molar-refractivity contribution in [3.63, 3.8) is 0 Å². The molecule has 2 heterocycles. The van der Waals surface area contributed by atoms with E-state index in [0.29, 0.717) is 13.1 Å². The molecule has 1 amide bonds. The third kappa shape index (κ3) is 4.06. The fourth-order valence-electron chi connectivity index (χ4n) is 2.98. The number of nitrogens with zero attached hydrogens (tertiary/aromatic N) is 4. The van der Waals surface area contributed by atoms with Crippen molar-refractivity contribution in [3.05, 3.63) is 69.0 Å². The van der Waals surface area contributed by atoms with Crippen LogP contribution in [-0.2, 0) is 24.9 Å². The summed E-state index contributed by atoms with van der Waals surface area (Å²) in [6.07, 6.45) is 1.38. The number of carbonyl (C=O) groups excluding carboxylic acids is 1. The molecule has 1 aromatic heterocycles. The summed E-state index contributed by atoms with van der Waals surface area (Å²) in [6, 6.07) is 11.6. The second kappa shape index (κ2) is 7.48. The molecule has 7 heteroatoms. The van der Waals surface area contributed by atoms with Crippen LogP contribution in [0.15, 0.2) is 52.2 Å². The molecule has 0 saturated carbocycles. The molecule has 0 bridgehead atoms. The number of carbonyl (C=O) groups is 1. The monoisotopic (exact) mass is 342 g/mol. The molecule has 1 aromatic carbocycles. The first-order chi connectivity index (χ1) is 12.0. The quantitative estimate of drug-likeness (QED) is 0.778. The maximum Gasteiger partial charge on any atom is 0.331 e. The number of hydrogen-bond acceptors (Lipinski definition) is 4. The van der Waals surface area contributed by atoms with Gasteiger partial charge in [-0.3, -0.25) is 23.6 Å². The van der Waals surface area contributed by atoms with Gasteiger partial charge in [-0.15, -0.1) is 0 Å². The molecule has 0 N–H and O–H groups in total. The molecule has 0 aliphatic carbocycles. The van der Waals surface area contributed by atoms with E-state index in [2.05, 4.69) is 17.0 Å². The summed E-state index contributed by atoms with van der Waals surface area (Å²) in [7, 11) is 1.41. The van der Waals surface area contributed by atoms with Crippen molar-refractivity contribution in [3.8, 4) is 0 Å². The topological polar surface area (TPSA) is 67.6 Å². The maximum atomic E-state index is 12.4. The van der Waals surface area contributed by atoms with Crippen LogP contribution >= 0.6 is 0 Å². The van der Waals surface area contributed by atoms with Crippen LogP contribution in [0.2, 0.25) is 0 Å². The molecule has 7 nitrogen and oxygen atoms in total. The van der Waals surface area contributed by atoms with Crippen molar-refractivity contribution in [1.82, 2.24) is 18.9 Å². The Morgan fingerprint density at radius 2 is 1.68 bits per heavy atom. The van der Waals surface area contributed by atoms with E-state index in [1.165, 1.54) is 29.4 Å². The van der Waals surface area contributed by atoms with Crippen molar-refractivity contribution in [2.75, 3.05) is 26.2 Å². The predicted octanol–water partition coefficient (Wildman–Crippen LogP) is -0.109. The zero-order chi connectivity index (χ0) is 17.8. The zero-order valence-corrected chi connectivity index (χ0v) is 14.3. The molecule has 2 aromatic rings. The number of hydrogen-bond donors (Lipinski definition) is 0. The first kappa shape index (κ1) is 17.2. The van der Waals surface area contributed by atoms with Gasteiger partial charge in [0.15, 0.2) is 0 Å². The van der Waals surface area contributed by atoms with Crippen molar-refractivity contribution in [1.29, 1.82) is 0 Å². The Bertz CT molecular complexity index is 849. The second-order valence-corrected chi connectivity index (χ2v) is 6.27. The van der Waals surface area contributed by atoms with E-state index >= 15 is 0 Å². The van der Waals surface area contributed by atoms with Crippen LogP contribution < -0.4 is 11.2 Å². The van der Waals surface area contributed by atoms with Gasteiger partial charge >= 0.3 is 5.69 Å². The van der Waals surface area contributed by atoms with Crippen LogP contribution in [-0.4, -0.2) is 51.0 Å². The van der Waals surface area contributed by atoms with Crippen molar-refractivity contribution >= 4 is 5.91 Å². The van der Waals surface area contributed by atoms with Gasteiger partial charge in [-0.1, -0.05) is 30.3 Å². The standard InChI is InChI=1S/C18H22N4O3/c1-19-16(23)7-8-22(18(19)25)14-17(24)21-11-9-20(10-12-21)13-15-5-3-2-4-6-15/h2-8H,9-14H2,1H3. The van der Waals surface area contributed by atoms with Crippen LogP contribution in [0.1, 0.15) is 5.56 Å². The minimum atomic E-state index is -0.469. The predicted molar refractivity (Wildman–Crippen MR) is 94.2 cm³/mol. The molecular weight excluding hydrogens is 320 g/mol. The molecule has 1 fully saturated rings. The Hall–Kier alpha value is -2.67. The summed E-state index contributed by atoms with van der Waals surface area (Å²) in [6.45, 7) is 3.75. The minimum Gasteiger partial charge on any atom is -0.339 e. The van der Waals surface area contributed by atoms with Crippen molar-refractivity contribution in [2.45, 2.75) is 13.1 Å². The van der Waals surface area contributed by atoms with Gasteiger partial charge in [-0.2, -0.15) is 0 Å². The average molecular weight is 342 g/mol. The number of amides is 1. The van der Waals surface area contributed by atoms with Gasteiger partial charge in [0.05, 0.1) is 0 Å². The number of benzene rings is 1. The fourth-order valence-corrected chi connectivity index (χ4v) is 2.98. The van der Waals surface area contributed by atoms with E-state index in [1.807, 2.05) is 18.2 Å². The summed E-state index contributed by atoms with van der Waals surface area (Å²) >= 11 is 0. The van der Waals surface area contributed by atoms with E-state index in [4.69, 9.17) is 0 Å². The lowest BCUT2D eigenvalue weighted by Gasteiger charge is -2.34. The molecule has 0 spiro atoms. The number of aromatic nitrogens is 2. The molecule has 1 saturated heterocycles. The summed E-state index contributed by atoms with van der Waals surface area (Å²) in [5.74, 6) is -0.0971. The highest BCUT2D eigenvalue weighted by Crippen LogP contribution is 2.08. The van der Waals surface area contributed by atoms with Gasteiger partial charge in [-0.25, -0.2) is 4.79 Å². The third-order valence-corrected chi connectivity index (χ3v) is 4.54. The van der Waals surface area contributed by atoms with Gasteiger partial charge in [0.2, 0.25) is 5.91 Å². The number of rotatable bonds is 4. The first-order valence-corrected chi connectivity index (χ1v) is 8.35. The second-order valence-electron chi connectivity index (χ2n) is 6.27. The summed E-state index contributed by atoms with van der Waals surface area (Å²) in [4.78, 5) is 40.0. The van der Waals surface area contributed by atoms with Crippen LogP contribution in [0.25, 0.3) is 0 Å². The highest BCUT2D eigenvalue weighted by molar-refractivity contribution is 5.76. The first-order valence-electron chi connectivity index (χ1n) is 8.35. The molecule has 132 valence electrons. The molecule has 0 atom stereocenters. The molecule has 1 aliphatic rings. The lowest BCUT2D eigenvalue weighted by Crippen LogP contribution is -2.50. The normalized spacial score (nSPS) is 15.3. The SMILES string of the molecule is Cn1c(=O)ccn(CC(=O)N2CCN(Cc3ccccc3)CC2)c1=O. The lowest BCUT2D eigenvalue weighted by molar-refractivity contribution is -0.133. The Labute approximate surface area is 145 Å². The van der Waals surface area contributed by atoms with Crippen LogP contribution in [0.5, 0.6) is 0 Å². The van der Waals surface area contributed by atoms with Crippen LogP contribution in [0.3, 0.4) is 0 Å². The average Bonchev–Trinajstić information content (AvgIpc) is 2.63. The van der Waals surface area contributed by atoms with Gasteiger partial charge in [0, 0.05) is 52.0 Å². The van der Waals surface area contributed by atoms with Crippen molar-refractivity contribution < 1.29 is 4.79 Å². The van der Waals surface area contributed by atoms with Gasteiger partial charge < -0.3 is 4.90 Å². The smallest absolute Gasteiger partial charge is 0.331 e. The molecule has 1 aliphatic heterocycles. The van der Waals surface area contributed by atoms with E-state index in [9.17, 15) is 14.4 Å². The summed E-state index contributed by atoms with van der Waals surface area (Å²) in [5, 5.41) is 0. The van der Waals surface area contributed by atoms with E-state index in [1.54, 1.807) is 4.90 Å². The largest absolute Gasteiger partial charge is 0.339 e. The van der Waals surface area contributed by atoms with E-state index in [0.717, 1.165) is 24.2 Å². The molecule has 25 heavy (non-hydrogen) atoms. The molecular formula is C18H22N4O3. The number of piperazine rings is 1. The highest BCUT2D eigenvalue weighted by Gasteiger charge is 2.21. The summed E-state index contributed by atoms with van der Waals surface area (Å²) < 4.78 is 2.28. The minimum absolute atomic E-state index is 0.0361. The highest BCUT2D eigenvalue weighted by atomic mass is 16.2. The maximum absolute atomic E-state index is 12.4. The van der Waals surface area contributed by atoms with E-state index < -0.39 is 5.69 Å². The summed E-state index contributed by atoms with van der Waals surface area (Å²) in [5.41, 5.74) is 0.422. The lowest BCUT2D eigenvalue weighted by atomic mass is 10.2. The van der Waals surface area contributed by atoms with Gasteiger partial charge in [0.1, 0.15) is 6.54 Å². The van der Waals surface area contributed by atoms with Gasteiger partial charge in [0.25, 0.3) is 5.56 Å². The molecule has 0 unspecified atom stereocenters. The Morgan fingerprint density at radius 1 is 1.00 bits per heavy atom. The zero-order valence-electron chi connectivity index (χ0n) is 14.3. The fraction of sp³-hybridized carbons (Fsp3) is 0.389. The third-order valence-electron chi connectivity index (χ3n) is 4.54. The molecule has 0 radical (unpaired) electrons. The molecule has 3 rings (SSSR count). The Balaban J connectivity index is 1.56. The Kier molecular flexibility index (Phi) is 5.14.